The largest absolute Gasteiger partial charge is 0.456 e. The van der Waals surface area contributed by atoms with E-state index in [1.807, 2.05) is 59.9 Å². The molecule has 1 saturated heterocycles. The van der Waals surface area contributed by atoms with Crippen molar-refractivity contribution < 1.29 is 19.1 Å². The quantitative estimate of drug-likeness (QED) is 0.314. The van der Waals surface area contributed by atoms with E-state index >= 15 is 0 Å². The van der Waals surface area contributed by atoms with Crippen molar-refractivity contribution in [2.24, 2.45) is 5.92 Å². The molecule has 6 heteroatoms. The van der Waals surface area contributed by atoms with Crippen molar-refractivity contribution in [1.29, 1.82) is 0 Å². The van der Waals surface area contributed by atoms with E-state index in [4.69, 9.17) is 9.47 Å². The van der Waals surface area contributed by atoms with Crippen LogP contribution in [0.2, 0.25) is 0 Å². The predicted molar refractivity (Wildman–Crippen MR) is 161 cm³/mol. The van der Waals surface area contributed by atoms with Crippen molar-refractivity contribution >= 4 is 23.0 Å². The summed E-state index contributed by atoms with van der Waals surface area (Å²) in [4.78, 5) is 28.1. The van der Waals surface area contributed by atoms with Crippen molar-refractivity contribution in [1.82, 2.24) is 9.47 Å². The van der Waals surface area contributed by atoms with Crippen LogP contribution in [0.1, 0.15) is 92.9 Å². The van der Waals surface area contributed by atoms with Gasteiger partial charge in [0.1, 0.15) is 11.2 Å². The number of carbonyl (C=O) groups is 2. The Labute approximate surface area is 239 Å². The molecule has 0 amide bonds. The van der Waals surface area contributed by atoms with Gasteiger partial charge in [0.15, 0.2) is 0 Å². The number of esters is 1. The van der Waals surface area contributed by atoms with Crippen molar-refractivity contribution in [3.8, 4) is 0 Å². The molecule has 0 saturated carbocycles. The van der Waals surface area contributed by atoms with E-state index in [0.717, 1.165) is 48.8 Å². The Morgan fingerprint density at radius 2 is 1.57 bits per heavy atom. The molecule has 1 fully saturated rings. The molecule has 1 aromatic heterocycles. The number of likely N-dealkylation sites (tertiary alicyclic amines) is 1. The number of ether oxygens (including phenoxy) is 2. The van der Waals surface area contributed by atoms with Gasteiger partial charge in [-0.15, -0.1) is 0 Å². The van der Waals surface area contributed by atoms with Crippen LogP contribution in [-0.4, -0.2) is 52.9 Å². The summed E-state index contributed by atoms with van der Waals surface area (Å²) in [6.45, 7) is 17.6. The number of rotatable bonds is 4. The second-order valence-electron chi connectivity index (χ2n) is 13.5. The Morgan fingerprint density at radius 3 is 2.20 bits per heavy atom. The van der Waals surface area contributed by atoms with Crippen LogP contribution in [0.5, 0.6) is 0 Å². The molecule has 40 heavy (non-hydrogen) atoms. The summed E-state index contributed by atoms with van der Waals surface area (Å²) < 4.78 is 12.9. The van der Waals surface area contributed by atoms with Gasteiger partial charge in [-0.2, -0.15) is 0 Å². The maximum atomic E-state index is 13.0. The predicted octanol–water partition coefficient (Wildman–Crippen LogP) is 7.66. The van der Waals surface area contributed by atoms with Gasteiger partial charge in [0.25, 0.3) is 0 Å². The monoisotopic (exact) mass is 546 g/mol. The van der Waals surface area contributed by atoms with E-state index < -0.39 is 11.2 Å². The first-order chi connectivity index (χ1) is 18.6. The van der Waals surface area contributed by atoms with E-state index in [2.05, 4.69) is 50.1 Å². The van der Waals surface area contributed by atoms with Gasteiger partial charge < -0.3 is 14.4 Å². The molecule has 4 rings (SSSR count). The first-order valence-electron chi connectivity index (χ1n) is 14.5. The molecule has 2 aromatic carbocycles. The minimum absolute atomic E-state index is 0.291. The van der Waals surface area contributed by atoms with Crippen LogP contribution in [0.3, 0.4) is 0 Å². The third kappa shape index (κ3) is 6.95. The van der Waals surface area contributed by atoms with Gasteiger partial charge in [0, 0.05) is 18.1 Å². The normalized spacial score (nSPS) is 18.9. The van der Waals surface area contributed by atoms with Crippen LogP contribution in [0.15, 0.2) is 42.6 Å². The first-order valence-corrected chi connectivity index (χ1v) is 14.5. The summed E-state index contributed by atoms with van der Waals surface area (Å²) in [6, 6.07) is 12.3. The molecule has 6 nitrogen and oxygen atoms in total. The molecule has 0 bridgehead atoms. The summed E-state index contributed by atoms with van der Waals surface area (Å²) in [6.07, 6.45) is 4.68. The summed E-state index contributed by atoms with van der Waals surface area (Å²) >= 11 is 0. The zero-order valence-corrected chi connectivity index (χ0v) is 25.8. The highest BCUT2D eigenvalue weighted by molar-refractivity contribution is 5.94. The van der Waals surface area contributed by atoms with Crippen molar-refractivity contribution in [2.45, 2.75) is 91.8 Å². The Hall–Kier alpha value is -3.12. The van der Waals surface area contributed by atoms with Crippen LogP contribution in [0, 0.1) is 19.8 Å². The number of aromatic nitrogens is 1. The van der Waals surface area contributed by atoms with Crippen molar-refractivity contribution in [3.63, 3.8) is 0 Å². The van der Waals surface area contributed by atoms with E-state index in [1.54, 1.807) is 4.57 Å². The third-order valence-corrected chi connectivity index (χ3v) is 7.72. The molecular formula is C34H46N2O4. The number of aryl methyl sites for hydroxylation is 2. The molecule has 1 aliphatic rings. The molecule has 3 aromatic rings. The highest BCUT2D eigenvalue weighted by Gasteiger charge is 2.30. The highest BCUT2D eigenvalue weighted by atomic mass is 16.6. The van der Waals surface area contributed by atoms with Gasteiger partial charge in [0.05, 0.1) is 11.1 Å². The zero-order chi connectivity index (χ0) is 29.4. The van der Waals surface area contributed by atoms with Gasteiger partial charge in [-0.1, -0.05) is 18.2 Å². The minimum Gasteiger partial charge on any atom is -0.456 e. The number of benzene rings is 2. The first kappa shape index (κ1) is 29.9. The van der Waals surface area contributed by atoms with E-state index in [0.29, 0.717) is 17.4 Å². The fourth-order valence-electron chi connectivity index (χ4n) is 5.99. The van der Waals surface area contributed by atoms with Crippen molar-refractivity contribution in [2.75, 3.05) is 20.1 Å². The summed E-state index contributed by atoms with van der Waals surface area (Å²) in [5, 5.41) is 1.12. The van der Waals surface area contributed by atoms with E-state index in [9.17, 15) is 9.59 Å². The number of hydrogen-bond acceptors (Lipinski definition) is 5. The lowest BCUT2D eigenvalue weighted by Crippen LogP contribution is -2.27. The Bertz CT molecular complexity index is 1370. The summed E-state index contributed by atoms with van der Waals surface area (Å²) in [5.74, 6) is 0.455. The molecule has 216 valence electrons. The molecule has 0 aliphatic carbocycles. The number of carbonyl (C=O) groups excluding carboxylic acids is 2. The number of likely N-dealkylation sites (N-methyl/N-ethyl adjacent to an activating group) is 1. The van der Waals surface area contributed by atoms with Crippen LogP contribution >= 0.6 is 0 Å². The number of fused-ring (bicyclic) bond motifs is 1. The second kappa shape index (κ2) is 11.4. The third-order valence-electron chi connectivity index (χ3n) is 7.72. The summed E-state index contributed by atoms with van der Waals surface area (Å²) in [5.41, 5.74) is 5.30. The van der Waals surface area contributed by atoms with Gasteiger partial charge >= 0.3 is 12.1 Å². The molecular weight excluding hydrogens is 500 g/mol. The Kier molecular flexibility index (Phi) is 8.51. The SMILES string of the molecule is Cc1cc(C)c2c(ccn2C(=O)OC(C)(C)C)c1C[C@@H]1CCCN(C)C[C@H]1c1ccc(C(=O)OC(C)(C)C)cc1. The van der Waals surface area contributed by atoms with Gasteiger partial charge in [0.2, 0.25) is 0 Å². The van der Waals surface area contributed by atoms with E-state index in [1.165, 1.54) is 16.7 Å². The second-order valence-corrected chi connectivity index (χ2v) is 13.5. The molecule has 0 radical (unpaired) electrons. The van der Waals surface area contributed by atoms with Gasteiger partial charge in [-0.25, -0.2) is 9.59 Å². The Morgan fingerprint density at radius 1 is 0.925 bits per heavy atom. The standard InChI is InChI=1S/C34H46N2O4/c1-22-19-23(2)30-27(16-18-36(30)32(38)40-34(6,7)8)28(22)20-26-11-10-17-35(9)21-29(26)24-12-14-25(15-13-24)31(37)39-33(3,4)5/h12-16,18-19,26,29H,10-11,17,20-21H2,1-9H3/t26-,29-/m0/s1. The smallest absolute Gasteiger partial charge is 0.418 e. The van der Waals surface area contributed by atoms with Crippen LogP contribution in [0.25, 0.3) is 10.9 Å². The molecule has 1 aliphatic heterocycles. The topological polar surface area (TPSA) is 60.8 Å². The summed E-state index contributed by atoms with van der Waals surface area (Å²) in [7, 11) is 2.20. The lowest BCUT2D eigenvalue weighted by Gasteiger charge is -2.29. The Balaban J connectivity index is 1.67. The van der Waals surface area contributed by atoms with E-state index in [-0.39, 0.29) is 12.1 Å². The number of hydrogen-bond donors (Lipinski definition) is 0. The fourth-order valence-corrected chi connectivity index (χ4v) is 5.99. The lowest BCUT2D eigenvalue weighted by molar-refractivity contribution is 0.00692. The average Bonchev–Trinajstić information content (AvgIpc) is 3.20. The maximum Gasteiger partial charge on any atom is 0.418 e. The molecule has 0 N–H and O–H groups in total. The van der Waals surface area contributed by atoms with Crippen LogP contribution in [-0.2, 0) is 15.9 Å². The van der Waals surface area contributed by atoms with Crippen LogP contribution in [0.4, 0.5) is 4.79 Å². The molecule has 0 unspecified atom stereocenters. The maximum absolute atomic E-state index is 13.0. The fraction of sp³-hybridized carbons (Fsp3) is 0.529. The number of nitrogens with zero attached hydrogens (tertiary/aromatic N) is 2. The lowest BCUT2D eigenvalue weighted by atomic mass is 9.78. The zero-order valence-electron chi connectivity index (χ0n) is 25.8. The van der Waals surface area contributed by atoms with Gasteiger partial charge in [-0.3, -0.25) is 4.57 Å². The van der Waals surface area contributed by atoms with Gasteiger partial charge in [-0.05, 0) is 141 Å². The molecule has 2 atom stereocenters. The van der Waals surface area contributed by atoms with Crippen molar-refractivity contribution in [3.05, 3.63) is 70.4 Å². The highest BCUT2D eigenvalue weighted by Crippen LogP contribution is 2.38. The average molecular weight is 547 g/mol. The minimum atomic E-state index is -0.562. The molecule has 0 spiro atoms. The van der Waals surface area contributed by atoms with Crippen LogP contribution < -0.4 is 0 Å². The molecule has 2 heterocycles.